The van der Waals surface area contributed by atoms with Crippen molar-refractivity contribution in [2.45, 2.75) is 30.7 Å². The first-order valence-corrected chi connectivity index (χ1v) is 4.68. The topological polar surface area (TPSA) is 25.8 Å². The summed E-state index contributed by atoms with van der Waals surface area (Å²) in [5.74, 6) is 0. The molecule has 1 aromatic heterocycles. The molecule has 4 heteroatoms. The van der Waals surface area contributed by atoms with Crippen molar-refractivity contribution >= 4 is 23.3 Å². The fourth-order valence-corrected chi connectivity index (χ4v) is 1.81. The van der Waals surface area contributed by atoms with E-state index in [2.05, 4.69) is 30.1 Å². The average molecular weight is 174 g/mol. The van der Waals surface area contributed by atoms with Crippen LogP contribution in [0.1, 0.15) is 20.8 Å². The number of hydrogen-bond acceptors (Lipinski definition) is 4. The Morgan fingerprint density at radius 2 is 2.20 bits per heavy atom. The first-order valence-electron chi connectivity index (χ1n) is 3.03. The second kappa shape index (κ2) is 2.88. The van der Waals surface area contributed by atoms with Gasteiger partial charge in [0, 0.05) is 4.75 Å². The van der Waals surface area contributed by atoms with Gasteiger partial charge < -0.3 is 0 Å². The summed E-state index contributed by atoms with van der Waals surface area (Å²) in [6.45, 7) is 6.45. The van der Waals surface area contributed by atoms with E-state index in [4.69, 9.17) is 0 Å². The highest BCUT2D eigenvalue weighted by molar-refractivity contribution is 8.00. The minimum atomic E-state index is 0.223. The fraction of sp³-hybridized carbons (Fsp3) is 0.667. The predicted octanol–water partition coefficient (Wildman–Crippen LogP) is 2.43. The lowest BCUT2D eigenvalue weighted by Gasteiger charge is -2.13. The molecule has 0 aliphatic carbocycles. The Bertz CT molecular complexity index is 188. The van der Waals surface area contributed by atoms with Gasteiger partial charge in [-0.3, -0.25) is 0 Å². The molecule has 0 aliphatic rings. The van der Waals surface area contributed by atoms with Gasteiger partial charge >= 0.3 is 0 Å². The van der Waals surface area contributed by atoms with E-state index in [0.717, 1.165) is 5.16 Å². The van der Waals surface area contributed by atoms with Crippen LogP contribution in [0.5, 0.6) is 0 Å². The van der Waals surface area contributed by atoms with Crippen LogP contribution < -0.4 is 0 Å². The molecule has 1 aromatic rings. The highest BCUT2D eigenvalue weighted by Gasteiger charge is 2.13. The molecule has 0 fully saturated rings. The van der Waals surface area contributed by atoms with Crippen LogP contribution >= 0.6 is 23.3 Å². The molecular formula is C6H10N2S2. The van der Waals surface area contributed by atoms with Crippen molar-refractivity contribution in [3.8, 4) is 0 Å². The smallest absolute Gasteiger partial charge is 0.200 e. The summed E-state index contributed by atoms with van der Waals surface area (Å²) in [5, 5.41) is 0.887. The Morgan fingerprint density at radius 1 is 1.50 bits per heavy atom. The van der Waals surface area contributed by atoms with Crippen molar-refractivity contribution in [2.24, 2.45) is 0 Å². The Balaban J connectivity index is 2.57. The van der Waals surface area contributed by atoms with Crippen LogP contribution in [-0.2, 0) is 0 Å². The summed E-state index contributed by atoms with van der Waals surface area (Å²) in [7, 11) is 0. The number of thioether (sulfide) groups is 1. The van der Waals surface area contributed by atoms with Crippen molar-refractivity contribution in [2.75, 3.05) is 0 Å². The highest BCUT2D eigenvalue weighted by Crippen LogP contribution is 2.28. The summed E-state index contributed by atoms with van der Waals surface area (Å²) in [6.07, 6.45) is 0. The maximum atomic E-state index is 4.10. The molecule has 0 atom stereocenters. The summed E-state index contributed by atoms with van der Waals surface area (Å²) >= 11 is 3.09. The van der Waals surface area contributed by atoms with E-state index < -0.39 is 0 Å². The number of rotatable bonds is 1. The van der Waals surface area contributed by atoms with Crippen molar-refractivity contribution in [1.29, 1.82) is 0 Å². The molecule has 0 radical (unpaired) electrons. The van der Waals surface area contributed by atoms with Crippen LogP contribution in [0.3, 0.4) is 0 Å². The van der Waals surface area contributed by atoms with Crippen LogP contribution in [0.4, 0.5) is 0 Å². The molecule has 56 valence electrons. The van der Waals surface area contributed by atoms with Crippen LogP contribution in [-0.4, -0.2) is 14.1 Å². The summed E-state index contributed by atoms with van der Waals surface area (Å²) < 4.78 is 4.32. The Labute approximate surface area is 69.2 Å². The van der Waals surface area contributed by atoms with Crippen LogP contribution in [0.2, 0.25) is 0 Å². The summed E-state index contributed by atoms with van der Waals surface area (Å²) in [5.41, 5.74) is 1.76. The number of hydrogen-bond donors (Lipinski definition) is 0. The Hall–Kier alpha value is -0.0900. The zero-order valence-electron chi connectivity index (χ0n) is 6.29. The molecule has 0 spiro atoms. The van der Waals surface area contributed by atoms with Gasteiger partial charge in [-0.05, 0) is 11.5 Å². The van der Waals surface area contributed by atoms with Gasteiger partial charge in [0.15, 0.2) is 0 Å². The van der Waals surface area contributed by atoms with Gasteiger partial charge in [0.05, 0.1) is 0 Å². The van der Waals surface area contributed by atoms with Crippen molar-refractivity contribution in [3.05, 3.63) is 5.51 Å². The van der Waals surface area contributed by atoms with Gasteiger partial charge in [-0.2, -0.15) is 4.37 Å². The normalized spacial score (nSPS) is 11.9. The van der Waals surface area contributed by atoms with Gasteiger partial charge in [0.1, 0.15) is 5.51 Å². The molecule has 0 amide bonds. The first-order chi connectivity index (χ1) is 4.58. The molecule has 2 nitrogen and oxygen atoms in total. The summed E-state index contributed by atoms with van der Waals surface area (Å²) in [4.78, 5) is 4.07. The van der Waals surface area contributed by atoms with Crippen LogP contribution in [0, 0.1) is 0 Å². The number of aromatic nitrogens is 2. The van der Waals surface area contributed by atoms with Crippen LogP contribution in [0.25, 0.3) is 0 Å². The minimum Gasteiger partial charge on any atom is -0.218 e. The fourth-order valence-electron chi connectivity index (χ4n) is 0.480. The van der Waals surface area contributed by atoms with E-state index in [1.807, 2.05) is 0 Å². The number of nitrogens with zero attached hydrogens (tertiary/aromatic N) is 2. The lowest BCUT2D eigenvalue weighted by Crippen LogP contribution is -2.06. The van der Waals surface area contributed by atoms with Crippen LogP contribution in [0.15, 0.2) is 10.7 Å². The Morgan fingerprint density at radius 3 is 2.60 bits per heavy atom. The molecule has 0 aromatic carbocycles. The van der Waals surface area contributed by atoms with Gasteiger partial charge in [-0.1, -0.05) is 32.5 Å². The van der Waals surface area contributed by atoms with Gasteiger partial charge in [0.2, 0.25) is 5.16 Å². The van der Waals surface area contributed by atoms with E-state index >= 15 is 0 Å². The third kappa shape index (κ3) is 2.66. The maximum Gasteiger partial charge on any atom is 0.200 e. The quantitative estimate of drug-likeness (QED) is 0.611. The zero-order chi connectivity index (χ0) is 7.61. The molecule has 0 saturated carbocycles. The van der Waals surface area contributed by atoms with Crippen molar-refractivity contribution in [3.63, 3.8) is 0 Å². The molecule has 0 bridgehead atoms. The third-order valence-corrected chi connectivity index (χ3v) is 2.32. The first kappa shape index (κ1) is 8.01. The van der Waals surface area contributed by atoms with Crippen molar-refractivity contribution < 1.29 is 0 Å². The minimum absolute atomic E-state index is 0.223. The average Bonchev–Trinajstić information content (AvgIpc) is 2.12. The molecular weight excluding hydrogens is 164 g/mol. The maximum absolute atomic E-state index is 4.10. The van der Waals surface area contributed by atoms with E-state index in [1.54, 1.807) is 17.3 Å². The van der Waals surface area contributed by atoms with E-state index in [-0.39, 0.29) is 4.75 Å². The molecule has 0 saturated heterocycles. The molecule has 1 heterocycles. The SMILES string of the molecule is CC(C)(C)Sc1ncsn1. The second-order valence-corrected chi connectivity index (χ2v) is 5.33. The molecule has 0 unspecified atom stereocenters. The third-order valence-electron chi connectivity index (χ3n) is 0.739. The molecule has 1 rings (SSSR count). The molecule has 10 heavy (non-hydrogen) atoms. The highest BCUT2D eigenvalue weighted by atomic mass is 32.2. The van der Waals surface area contributed by atoms with E-state index in [1.165, 1.54) is 11.5 Å². The Kier molecular flexibility index (Phi) is 2.31. The lowest BCUT2D eigenvalue weighted by molar-refractivity contribution is 0.796. The van der Waals surface area contributed by atoms with E-state index in [9.17, 15) is 0 Å². The largest absolute Gasteiger partial charge is 0.218 e. The second-order valence-electron chi connectivity index (χ2n) is 2.93. The predicted molar refractivity (Wildman–Crippen MR) is 45.5 cm³/mol. The molecule has 0 aliphatic heterocycles. The summed E-state index contributed by atoms with van der Waals surface area (Å²) in [6, 6.07) is 0. The lowest BCUT2D eigenvalue weighted by atomic mass is 10.3. The van der Waals surface area contributed by atoms with Crippen molar-refractivity contribution in [1.82, 2.24) is 9.36 Å². The van der Waals surface area contributed by atoms with Gasteiger partial charge in [0.25, 0.3) is 0 Å². The zero-order valence-corrected chi connectivity index (χ0v) is 7.92. The molecule has 0 N–H and O–H groups in total. The van der Waals surface area contributed by atoms with Gasteiger partial charge in [-0.25, -0.2) is 4.98 Å². The standard InChI is InChI=1S/C6H10N2S2/c1-6(2,3)10-5-7-4-9-8-5/h4H,1-3H3. The van der Waals surface area contributed by atoms with Gasteiger partial charge in [-0.15, -0.1) is 0 Å². The van der Waals surface area contributed by atoms with E-state index in [0.29, 0.717) is 0 Å². The monoisotopic (exact) mass is 174 g/mol.